The number of hydrogen-bond acceptors (Lipinski definition) is 3. The molecular weight excluding hydrogens is 230 g/mol. The van der Waals surface area contributed by atoms with Crippen LogP contribution in [0.1, 0.15) is 32.1 Å². The number of halogens is 1. The Balaban J connectivity index is 0.000000963. The zero-order chi connectivity index (χ0) is 10.8. The van der Waals surface area contributed by atoms with Crippen LogP contribution in [0.15, 0.2) is 0 Å². The van der Waals surface area contributed by atoms with Crippen LogP contribution in [-0.2, 0) is 4.79 Å². The summed E-state index contributed by atoms with van der Waals surface area (Å²) < 4.78 is 0. The van der Waals surface area contributed by atoms with E-state index in [1.165, 1.54) is 0 Å². The van der Waals surface area contributed by atoms with Crippen LogP contribution < -0.4 is 5.73 Å². The highest BCUT2D eigenvalue weighted by atomic mass is 35.5. The SMILES string of the molecule is Cl.NC1(C(=O)O)C2CC3CC1CC(O)(C3)C2. The third-order valence-corrected chi connectivity index (χ3v) is 4.88. The quantitative estimate of drug-likeness (QED) is 0.639. The van der Waals surface area contributed by atoms with Crippen molar-refractivity contribution in [2.24, 2.45) is 23.5 Å². The molecule has 5 heteroatoms. The van der Waals surface area contributed by atoms with Crippen LogP contribution in [0.25, 0.3) is 0 Å². The van der Waals surface area contributed by atoms with E-state index >= 15 is 0 Å². The second-order valence-corrected chi connectivity index (χ2v) is 5.81. The van der Waals surface area contributed by atoms with E-state index in [-0.39, 0.29) is 24.2 Å². The second kappa shape index (κ2) is 3.34. The molecule has 0 aromatic heterocycles. The van der Waals surface area contributed by atoms with Crippen LogP contribution >= 0.6 is 12.4 Å². The van der Waals surface area contributed by atoms with Crippen LogP contribution in [0.2, 0.25) is 0 Å². The maximum atomic E-state index is 11.3. The molecule has 4 aliphatic carbocycles. The lowest BCUT2D eigenvalue weighted by Crippen LogP contribution is -2.70. The van der Waals surface area contributed by atoms with Gasteiger partial charge in [-0.05, 0) is 49.9 Å². The maximum Gasteiger partial charge on any atom is 0.324 e. The van der Waals surface area contributed by atoms with Gasteiger partial charge in [0.1, 0.15) is 5.54 Å². The molecule has 4 rings (SSSR count). The van der Waals surface area contributed by atoms with Crippen LogP contribution in [0.3, 0.4) is 0 Å². The number of nitrogens with two attached hydrogens (primary N) is 1. The Morgan fingerprint density at radius 3 is 2.06 bits per heavy atom. The molecule has 0 spiro atoms. The standard InChI is InChI=1S/C11H17NO3.ClH/c12-11(9(13)14)7-1-6-2-8(11)5-10(15,3-6)4-7;/h6-8,15H,1-5,12H2,(H,13,14);1H. The molecule has 16 heavy (non-hydrogen) atoms. The molecule has 4 fully saturated rings. The van der Waals surface area contributed by atoms with Gasteiger partial charge in [-0.1, -0.05) is 0 Å². The largest absolute Gasteiger partial charge is 0.480 e. The summed E-state index contributed by atoms with van der Waals surface area (Å²) >= 11 is 0. The summed E-state index contributed by atoms with van der Waals surface area (Å²) in [5.41, 5.74) is 4.41. The van der Waals surface area contributed by atoms with Crippen molar-refractivity contribution in [3.63, 3.8) is 0 Å². The highest BCUT2D eigenvalue weighted by Gasteiger charge is 2.63. The molecule has 0 aromatic carbocycles. The molecule has 0 aromatic rings. The van der Waals surface area contributed by atoms with E-state index in [1.54, 1.807) is 0 Å². The molecule has 4 N–H and O–H groups in total. The van der Waals surface area contributed by atoms with E-state index in [0.29, 0.717) is 18.8 Å². The summed E-state index contributed by atoms with van der Waals surface area (Å²) in [7, 11) is 0. The normalized spacial score (nSPS) is 53.5. The molecule has 4 aliphatic rings. The number of hydrogen-bond donors (Lipinski definition) is 3. The first kappa shape index (κ1) is 12.1. The lowest BCUT2D eigenvalue weighted by molar-refractivity contribution is -0.183. The van der Waals surface area contributed by atoms with Gasteiger partial charge >= 0.3 is 5.97 Å². The summed E-state index contributed by atoms with van der Waals surface area (Å²) in [6.45, 7) is 0. The fourth-order valence-electron chi connectivity index (χ4n) is 4.35. The molecule has 0 amide bonds. The van der Waals surface area contributed by atoms with Gasteiger partial charge in [0.2, 0.25) is 0 Å². The first-order valence-electron chi connectivity index (χ1n) is 5.69. The van der Waals surface area contributed by atoms with Crippen LogP contribution in [0.4, 0.5) is 0 Å². The average Bonchev–Trinajstić information content (AvgIpc) is 2.10. The minimum atomic E-state index is -1.07. The van der Waals surface area contributed by atoms with Crippen molar-refractivity contribution in [2.75, 3.05) is 0 Å². The van der Waals surface area contributed by atoms with E-state index in [1.807, 2.05) is 0 Å². The van der Waals surface area contributed by atoms with Gasteiger partial charge in [-0.15, -0.1) is 12.4 Å². The average molecular weight is 248 g/mol. The monoisotopic (exact) mass is 247 g/mol. The molecule has 4 bridgehead atoms. The highest BCUT2D eigenvalue weighted by Crippen LogP contribution is 2.59. The van der Waals surface area contributed by atoms with E-state index in [4.69, 9.17) is 5.73 Å². The molecule has 0 aliphatic heterocycles. The van der Waals surface area contributed by atoms with E-state index in [9.17, 15) is 15.0 Å². The number of carbonyl (C=O) groups is 1. The van der Waals surface area contributed by atoms with Gasteiger partial charge in [0.15, 0.2) is 0 Å². The fraction of sp³-hybridized carbons (Fsp3) is 0.909. The molecule has 0 radical (unpaired) electrons. The molecule has 92 valence electrons. The second-order valence-electron chi connectivity index (χ2n) is 5.81. The van der Waals surface area contributed by atoms with E-state index in [0.717, 1.165) is 19.3 Å². The smallest absolute Gasteiger partial charge is 0.324 e. The lowest BCUT2D eigenvalue weighted by atomic mass is 9.47. The number of aliphatic hydroxyl groups is 1. The first-order valence-corrected chi connectivity index (χ1v) is 5.69. The maximum absolute atomic E-state index is 11.3. The Morgan fingerprint density at radius 2 is 1.69 bits per heavy atom. The zero-order valence-electron chi connectivity index (χ0n) is 9.06. The van der Waals surface area contributed by atoms with E-state index in [2.05, 4.69) is 0 Å². The summed E-state index contributed by atoms with van der Waals surface area (Å²) in [5, 5.41) is 19.5. The molecule has 4 saturated carbocycles. The predicted octanol–water partition coefficient (Wildman–Crippen LogP) is 0.761. The molecule has 2 unspecified atom stereocenters. The fourth-order valence-corrected chi connectivity index (χ4v) is 4.35. The molecule has 2 atom stereocenters. The van der Waals surface area contributed by atoms with Crippen molar-refractivity contribution >= 4 is 18.4 Å². The van der Waals surface area contributed by atoms with Crippen LogP contribution in [0.5, 0.6) is 0 Å². The first-order chi connectivity index (χ1) is 6.94. The Labute approximate surface area is 101 Å². The molecule has 0 heterocycles. The Kier molecular flexibility index (Phi) is 2.54. The highest BCUT2D eigenvalue weighted by molar-refractivity contribution is 5.85. The van der Waals surface area contributed by atoms with Crippen LogP contribution in [0, 0.1) is 17.8 Å². The van der Waals surface area contributed by atoms with Crippen molar-refractivity contribution in [3.05, 3.63) is 0 Å². The summed E-state index contributed by atoms with van der Waals surface area (Å²) in [6.07, 6.45) is 3.81. The van der Waals surface area contributed by atoms with Crippen molar-refractivity contribution in [1.82, 2.24) is 0 Å². The van der Waals surface area contributed by atoms with E-state index < -0.39 is 17.1 Å². The van der Waals surface area contributed by atoms with Gasteiger partial charge in [0.05, 0.1) is 5.60 Å². The van der Waals surface area contributed by atoms with Crippen molar-refractivity contribution in [1.29, 1.82) is 0 Å². The van der Waals surface area contributed by atoms with Gasteiger partial charge in [0.25, 0.3) is 0 Å². The number of rotatable bonds is 1. The summed E-state index contributed by atoms with van der Waals surface area (Å²) in [5.74, 6) is -0.416. The van der Waals surface area contributed by atoms with Gasteiger partial charge in [-0.25, -0.2) is 0 Å². The topological polar surface area (TPSA) is 83.6 Å². The Morgan fingerprint density at radius 1 is 1.19 bits per heavy atom. The van der Waals surface area contributed by atoms with Crippen LogP contribution in [-0.4, -0.2) is 27.3 Å². The minimum Gasteiger partial charge on any atom is -0.480 e. The minimum absolute atomic E-state index is 0. The van der Waals surface area contributed by atoms with Crippen molar-refractivity contribution in [3.8, 4) is 0 Å². The van der Waals surface area contributed by atoms with Gasteiger partial charge in [0, 0.05) is 0 Å². The lowest BCUT2D eigenvalue weighted by Gasteiger charge is -2.60. The summed E-state index contributed by atoms with van der Waals surface area (Å²) in [6, 6.07) is 0. The number of carboxylic acid groups (broad SMARTS) is 1. The Hall–Kier alpha value is -0.320. The van der Waals surface area contributed by atoms with Gasteiger partial charge < -0.3 is 15.9 Å². The Bertz CT molecular complexity index is 317. The molecule has 4 nitrogen and oxygen atoms in total. The third kappa shape index (κ3) is 1.33. The summed E-state index contributed by atoms with van der Waals surface area (Å²) in [4.78, 5) is 11.3. The zero-order valence-corrected chi connectivity index (χ0v) is 9.87. The number of carboxylic acids is 1. The van der Waals surface area contributed by atoms with Gasteiger partial charge in [-0.2, -0.15) is 0 Å². The predicted molar refractivity (Wildman–Crippen MR) is 60.3 cm³/mol. The van der Waals surface area contributed by atoms with Crippen molar-refractivity contribution < 1.29 is 15.0 Å². The van der Waals surface area contributed by atoms with Gasteiger partial charge in [-0.3, -0.25) is 4.79 Å². The number of aliphatic carboxylic acids is 1. The molecular formula is C11H18ClNO3. The molecule has 0 saturated heterocycles. The van der Waals surface area contributed by atoms with Crippen molar-refractivity contribution in [2.45, 2.75) is 43.2 Å². The third-order valence-electron chi connectivity index (χ3n) is 4.88.